The molecule has 2 aromatic heterocycles. The van der Waals surface area contributed by atoms with Crippen LogP contribution in [0.1, 0.15) is 0 Å². The minimum absolute atomic E-state index is 0.440. The average Bonchev–Trinajstić information content (AvgIpc) is 2.54. The van der Waals surface area contributed by atoms with Crippen LogP contribution >= 0.6 is 22.9 Å². The fourth-order valence-electron chi connectivity index (χ4n) is 0.798. The molecule has 0 radical (unpaired) electrons. The molecule has 0 aliphatic carbocycles. The number of aromatic nitrogens is 3. The highest BCUT2D eigenvalue weighted by Gasteiger charge is 2.04. The molecule has 0 aliphatic heterocycles. The number of hydrogen-bond donors (Lipinski definition) is 0. The van der Waals surface area contributed by atoms with Crippen LogP contribution in [0.2, 0.25) is 4.47 Å². The topological polar surface area (TPSA) is 38.7 Å². The highest BCUT2D eigenvalue weighted by Crippen LogP contribution is 2.23. The highest BCUT2D eigenvalue weighted by molar-refractivity contribution is 7.18. The van der Waals surface area contributed by atoms with Crippen LogP contribution in [0.25, 0.3) is 10.7 Å². The normalized spacial score (nSPS) is 10.1. The molecule has 0 spiro atoms. The van der Waals surface area contributed by atoms with Gasteiger partial charge in [0.25, 0.3) is 0 Å². The number of nitrogens with zero attached hydrogens (tertiary/aromatic N) is 3. The van der Waals surface area contributed by atoms with E-state index in [9.17, 15) is 0 Å². The molecule has 2 heterocycles. The van der Waals surface area contributed by atoms with Gasteiger partial charge in [0, 0.05) is 6.20 Å². The lowest BCUT2D eigenvalue weighted by molar-refractivity contribution is 1.09. The standard InChI is InChI=1S/C7H4ClN3S/c8-7-11-10-6(12-7)5-3-1-2-4-9-5/h1-4H. The lowest BCUT2D eigenvalue weighted by atomic mass is 10.4. The number of halogens is 1. The number of rotatable bonds is 1. The Morgan fingerprint density at radius 2 is 2.17 bits per heavy atom. The van der Waals surface area contributed by atoms with Crippen LogP contribution in [-0.4, -0.2) is 15.2 Å². The average molecular weight is 198 g/mol. The minimum atomic E-state index is 0.440. The van der Waals surface area contributed by atoms with Crippen molar-refractivity contribution in [2.75, 3.05) is 0 Å². The molecule has 0 unspecified atom stereocenters. The van der Waals surface area contributed by atoms with Gasteiger partial charge in [-0.3, -0.25) is 4.98 Å². The van der Waals surface area contributed by atoms with Crippen molar-refractivity contribution < 1.29 is 0 Å². The van der Waals surface area contributed by atoms with E-state index in [1.54, 1.807) is 6.20 Å². The Labute approximate surface area is 78.1 Å². The summed E-state index contributed by atoms with van der Waals surface area (Å²) in [6.45, 7) is 0. The summed E-state index contributed by atoms with van der Waals surface area (Å²) in [5.41, 5.74) is 0.807. The van der Waals surface area contributed by atoms with E-state index in [-0.39, 0.29) is 0 Å². The van der Waals surface area contributed by atoms with Gasteiger partial charge in [0.2, 0.25) is 4.47 Å². The molecule has 0 saturated carbocycles. The van der Waals surface area contributed by atoms with E-state index in [0.29, 0.717) is 4.47 Å². The van der Waals surface area contributed by atoms with E-state index >= 15 is 0 Å². The van der Waals surface area contributed by atoms with E-state index in [4.69, 9.17) is 11.6 Å². The predicted octanol–water partition coefficient (Wildman–Crippen LogP) is 2.25. The lowest BCUT2D eigenvalue weighted by Gasteiger charge is -1.89. The molecule has 0 aromatic carbocycles. The van der Waals surface area contributed by atoms with E-state index in [1.165, 1.54) is 11.3 Å². The maximum Gasteiger partial charge on any atom is 0.207 e. The zero-order valence-corrected chi connectivity index (χ0v) is 7.51. The van der Waals surface area contributed by atoms with Crippen LogP contribution in [0, 0.1) is 0 Å². The van der Waals surface area contributed by atoms with Gasteiger partial charge in [0.1, 0.15) is 5.69 Å². The fraction of sp³-hybridized carbons (Fsp3) is 0. The molecular weight excluding hydrogens is 194 g/mol. The predicted molar refractivity (Wildman–Crippen MR) is 48.2 cm³/mol. The smallest absolute Gasteiger partial charge is 0.207 e. The van der Waals surface area contributed by atoms with Gasteiger partial charge in [0.05, 0.1) is 0 Å². The Balaban J connectivity index is 2.45. The van der Waals surface area contributed by atoms with Crippen molar-refractivity contribution in [1.82, 2.24) is 15.2 Å². The highest BCUT2D eigenvalue weighted by atomic mass is 35.5. The Kier molecular flexibility index (Phi) is 2.01. The first kappa shape index (κ1) is 7.64. The van der Waals surface area contributed by atoms with Crippen molar-refractivity contribution in [1.29, 1.82) is 0 Å². The van der Waals surface area contributed by atoms with Crippen molar-refractivity contribution in [3.05, 3.63) is 28.9 Å². The first-order chi connectivity index (χ1) is 5.86. The van der Waals surface area contributed by atoms with Crippen LogP contribution < -0.4 is 0 Å². The Morgan fingerprint density at radius 1 is 1.25 bits per heavy atom. The van der Waals surface area contributed by atoms with Crippen LogP contribution in [0.15, 0.2) is 24.4 Å². The third-order valence-electron chi connectivity index (χ3n) is 1.28. The first-order valence-electron chi connectivity index (χ1n) is 3.26. The quantitative estimate of drug-likeness (QED) is 0.704. The summed E-state index contributed by atoms with van der Waals surface area (Å²) >= 11 is 6.95. The molecule has 12 heavy (non-hydrogen) atoms. The first-order valence-corrected chi connectivity index (χ1v) is 4.46. The molecule has 0 N–H and O–H groups in total. The SMILES string of the molecule is Clc1nnc(-c2ccccn2)s1. The molecule has 0 aliphatic rings. The summed E-state index contributed by atoms with van der Waals surface area (Å²) in [4.78, 5) is 4.11. The second kappa shape index (κ2) is 3.16. The van der Waals surface area contributed by atoms with Gasteiger partial charge in [0.15, 0.2) is 5.01 Å². The third kappa shape index (κ3) is 1.44. The summed E-state index contributed by atoms with van der Waals surface area (Å²) in [7, 11) is 0. The summed E-state index contributed by atoms with van der Waals surface area (Å²) in [6, 6.07) is 5.63. The van der Waals surface area contributed by atoms with Gasteiger partial charge in [-0.2, -0.15) is 0 Å². The second-order valence-electron chi connectivity index (χ2n) is 2.08. The molecule has 5 heteroatoms. The van der Waals surface area contributed by atoms with Gasteiger partial charge in [-0.1, -0.05) is 17.4 Å². The van der Waals surface area contributed by atoms with Crippen molar-refractivity contribution >= 4 is 22.9 Å². The third-order valence-corrected chi connectivity index (χ3v) is 2.33. The Hall–Kier alpha value is -1.00. The maximum absolute atomic E-state index is 5.63. The summed E-state index contributed by atoms with van der Waals surface area (Å²) in [6.07, 6.45) is 1.71. The monoisotopic (exact) mass is 197 g/mol. The van der Waals surface area contributed by atoms with E-state index in [0.717, 1.165) is 10.7 Å². The van der Waals surface area contributed by atoms with Crippen molar-refractivity contribution in [3.8, 4) is 10.7 Å². The fourth-order valence-corrected chi connectivity index (χ4v) is 1.60. The van der Waals surface area contributed by atoms with E-state index in [1.807, 2.05) is 18.2 Å². The summed E-state index contributed by atoms with van der Waals surface area (Å²) < 4.78 is 0.440. The largest absolute Gasteiger partial charge is 0.254 e. The Bertz CT molecular complexity index is 373. The minimum Gasteiger partial charge on any atom is -0.254 e. The molecule has 0 fully saturated rings. The van der Waals surface area contributed by atoms with Crippen LogP contribution in [0.4, 0.5) is 0 Å². The maximum atomic E-state index is 5.63. The molecule has 0 amide bonds. The summed E-state index contributed by atoms with van der Waals surface area (Å²) in [5.74, 6) is 0. The molecule has 60 valence electrons. The lowest BCUT2D eigenvalue weighted by Crippen LogP contribution is -1.79. The molecular formula is C7H4ClN3S. The van der Waals surface area contributed by atoms with Crippen LogP contribution in [-0.2, 0) is 0 Å². The molecule has 2 rings (SSSR count). The number of hydrogen-bond acceptors (Lipinski definition) is 4. The Morgan fingerprint density at radius 3 is 2.75 bits per heavy atom. The van der Waals surface area contributed by atoms with Gasteiger partial charge >= 0.3 is 0 Å². The zero-order chi connectivity index (χ0) is 8.39. The van der Waals surface area contributed by atoms with Gasteiger partial charge in [-0.05, 0) is 23.7 Å². The van der Waals surface area contributed by atoms with Crippen molar-refractivity contribution in [2.45, 2.75) is 0 Å². The molecule has 0 atom stereocenters. The van der Waals surface area contributed by atoms with Crippen LogP contribution in [0.3, 0.4) is 0 Å². The summed E-state index contributed by atoms with van der Waals surface area (Å²) in [5, 5.41) is 8.30. The number of pyridine rings is 1. The molecule has 0 saturated heterocycles. The van der Waals surface area contributed by atoms with Crippen molar-refractivity contribution in [2.24, 2.45) is 0 Å². The molecule has 3 nitrogen and oxygen atoms in total. The van der Waals surface area contributed by atoms with Gasteiger partial charge in [-0.15, -0.1) is 10.2 Å². The van der Waals surface area contributed by atoms with Gasteiger partial charge < -0.3 is 0 Å². The second-order valence-corrected chi connectivity index (χ2v) is 3.63. The van der Waals surface area contributed by atoms with Gasteiger partial charge in [-0.25, -0.2) is 0 Å². The zero-order valence-electron chi connectivity index (χ0n) is 5.94. The van der Waals surface area contributed by atoms with Crippen LogP contribution in [0.5, 0.6) is 0 Å². The van der Waals surface area contributed by atoms with E-state index < -0.39 is 0 Å². The van der Waals surface area contributed by atoms with Crippen molar-refractivity contribution in [3.63, 3.8) is 0 Å². The molecule has 0 bridgehead atoms. The molecule has 2 aromatic rings. The van der Waals surface area contributed by atoms with E-state index in [2.05, 4.69) is 15.2 Å².